The molecule has 1 aromatic carbocycles. The molecule has 2 aromatic rings. The number of hydrogen-bond donors (Lipinski definition) is 0. The van der Waals surface area contributed by atoms with Crippen LogP contribution in [0.25, 0.3) is 11.3 Å². The molecule has 0 atom stereocenters. The van der Waals surface area contributed by atoms with Gasteiger partial charge in [0.25, 0.3) is 0 Å². The molecule has 0 radical (unpaired) electrons. The highest BCUT2D eigenvalue weighted by Crippen LogP contribution is 2.36. The van der Waals surface area contributed by atoms with E-state index in [9.17, 15) is 4.39 Å². The normalized spacial score (nSPS) is 10.2. The van der Waals surface area contributed by atoms with Crippen molar-refractivity contribution in [1.82, 2.24) is 9.78 Å². The lowest BCUT2D eigenvalue weighted by Crippen LogP contribution is -1.97. The van der Waals surface area contributed by atoms with E-state index in [1.165, 1.54) is 10.7 Å². The van der Waals surface area contributed by atoms with Crippen LogP contribution in [0.5, 0.6) is 5.75 Å². The van der Waals surface area contributed by atoms with Crippen LogP contribution in [0, 0.1) is 17.1 Å². The smallest absolute Gasteiger partial charge is 0.157 e. The van der Waals surface area contributed by atoms with Gasteiger partial charge in [-0.2, -0.15) is 10.4 Å². The highest BCUT2D eigenvalue weighted by Gasteiger charge is 2.20. The summed E-state index contributed by atoms with van der Waals surface area (Å²) in [4.78, 5) is 0. The van der Waals surface area contributed by atoms with Crippen LogP contribution in [0.15, 0.2) is 24.8 Å². The molecule has 7 heteroatoms. The number of benzene rings is 1. The fraction of sp³-hybridized carbons (Fsp3) is 0.143. The van der Waals surface area contributed by atoms with Gasteiger partial charge >= 0.3 is 0 Å². The molecule has 21 heavy (non-hydrogen) atoms. The maximum atomic E-state index is 14.1. The summed E-state index contributed by atoms with van der Waals surface area (Å²) in [6.45, 7) is 3.76. The summed E-state index contributed by atoms with van der Waals surface area (Å²) in [5, 5.41) is 13.3. The fourth-order valence-corrected chi connectivity index (χ4v) is 2.27. The van der Waals surface area contributed by atoms with Crippen molar-refractivity contribution in [2.24, 2.45) is 7.05 Å². The van der Waals surface area contributed by atoms with Crippen molar-refractivity contribution in [3.63, 3.8) is 0 Å². The zero-order valence-electron chi connectivity index (χ0n) is 11.0. The molecule has 0 saturated heterocycles. The summed E-state index contributed by atoms with van der Waals surface area (Å²) in [5.41, 5.74) is 0.420. The molecule has 0 aliphatic carbocycles. The Morgan fingerprint density at radius 3 is 2.81 bits per heavy atom. The van der Waals surface area contributed by atoms with Gasteiger partial charge in [0.1, 0.15) is 35.0 Å². The maximum Gasteiger partial charge on any atom is 0.157 e. The molecule has 0 saturated carbocycles. The second-order valence-corrected chi connectivity index (χ2v) is 4.89. The Morgan fingerprint density at radius 1 is 1.52 bits per heavy atom. The quantitative estimate of drug-likeness (QED) is 0.799. The lowest BCUT2D eigenvalue weighted by molar-refractivity contribution is 0.363. The van der Waals surface area contributed by atoms with Crippen LogP contribution in [0.2, 0.25) is 10.0 Å². The summed E-state index contributed by atoms with van der Waals surface area (Å²) in [7, 11) is 1.55. The lowest BCUT2D eigenvalue weighted by Gasteiger charge is -2.08. The minimum atomic E-state index is -0.601. The predicted octanol–water partition coefficient (Wildman–Crippen LogP) is 3.97. The van der Waals surface area contributed by atoms with E-state index in [2.05, 4.69) is 11.7 Å². The van der Waals surface area contributed by atoms with Gasteiger partial charge < -0.3 is 4.74 Å². The summed E-state index contributed by atoms with van der Waals surface area (Å²) in [6, 6.07) is 4.43. The first kappa shape index (κ1) is 15.4. The first-order valence-corrected chi connectivity index (χ1v) is 6.60. The van der Waals surface area contributed by atoms with Crippen molar-refractivity contribution < 1.29 is 9.13 Å². The van der Waals surface area contributed by atoms with Gasteiger partial charge in [-0.05, 0) is 12.1 Å². The summed E-state index contributed by atoms with van der Waals surface area (Å²) < 4.78 is 20.7. The molecule has 0 aliphatic rings. The number of halogens is 3. The number of ether oxygens (including phenoxy) is 1. The maximum absolute atomic E-state index is 14.1. The Balaban J connectivity index is 2.59. The van der Waals surface area contributed by atoms with Crippen molar-refractivity contribution in [3.05, 3.63) is 46.3 Å². The summed E-state index contributed by atoms with van der Waals surface area (Å²) in [5.74, 6) is -0.316. The first-order valence-electron chi connectivity index (χ1n) is 5.85. The van der Waals surface area contributed by atoms with E-state index in [0.717, 1.165) is 6.07 Å². The Hall–Kier alpha value is -2.03. The number of nitrogens with zero attached hydrogens (tertiary/aromatic N) is 3. The second-order valence-electron chi connectivity index (χ2n) is 4.11. The van der Waals surface area contributed by atoms with E-state index < -0.39 is 5.82 Å². The van der Waals surface area contributed by atoms with Gasteiger partial charge in [-0.15, -0.1) is 0 Å². The zero-order chi connectivity index (χ0) is 15.6. The monoisotopic (exact) mass is 325 g/mol. The topological polar surface area (TPSA) is 50.8 Å². The lowest BCUT2D eigenvalue weighted by atomic mass is 10.1. The SMILES string of the molecule is C=CCOc1cc(-c2nn(C)c(C#N)c2Cl)c(F)cc1Cl. The van der Waals surface area contributed by atoms with Crippen LogP contribution < -0.4 is 4.74 Å². The largest absolute Gasteiger partial charge is 0.488 e. The average molecular weight is 326 g/mol. The molecule has 0 aliphatic heterocycles. The van der Waals surface area contributed by atoms with Crippen LogP contribution in [0.4, 0.5) is 4.39 Å². The van der Waals surface area contributed by atoms with E-state index in [0.29, 0.717) is 0 Å². The van der Waals surface area contributed by atoms with Crippen molar-refractivity contribution in [2.75, 3.05) is 6.61 Å². The molecule has 0 unspecified atom stereocenters. The first-order chi connectivity index (χ1) is 9.99. The molecule has 2 rings (SSSR count). The van der Waals surface area contributed by atoms with Gasteiger partial charge in [0.15, 0.2) is 5.69 Å². The number of nitriles is 1. The van der Waals surface area contributed by atoms with Crippen molar-refractivity contribution in [2.45, 2.75) is 0 Å². The van der Waals surface area contributed by atoms with E-state index in [4.69, 9.17) is 33.2 Å². The molecule has 0 N–H and O–H groups in total. The molecular formula is C14H10Cl2FN3O. The Bertz CT molecular complexity index is 750. The Kier molecular flexibility index (Phi) is 4.51. The average Bonchev–Trinajstić information content (AvgIpc) is 2.72. The highest BCUT2D eigenvalue weighted by molar-refractivity contribution is 6.34. The third kappa shape index (κ3) is 2.87. The fourth-order valence-electron chi connectivity index (χ4n) is 1.76. The summed E-state index contributed by atoms with van der Waals surface area (Å²) in [6.07, 6.45) is 1.54. The summed E-state index contributed by atoms with van der Waals surface area (Å²) >= 11 is 12.0. The van der Waals surface area contributed by atoms with E-state index in [1.807, 2.05) is 6.07 Å². The van der Waals surface area contributed by atoms with Gasteiger partial charge in [-0.25, -0.2) is 4.39 Å². The van der Waals surface area contributed by atoms with Gasteiger partial charge in [0.2, 0.25) is 0 Å². The molecule has 4 nitrogen and oxygen atoms in total. The van der Waals surface area contributed by atoms with Crippen molar-refractivity contribution in [3.8, 4) is 23.1 Å². The third-order valence-electron chi connectivity index (χ3n) is 2.73. The van der Waals surface area contributed by atoms with Crippen LogP contribution in [0.1, 0.15) is 5.69 Å². The Labute approximate surface area is 131 Å². The predicted molar refractivity (Wildman–Crippen MR) is 79.0 cm³/mol. The van der Waals surface area contributed by atoms with Crippen LogP contribution in [0.3, 0.4) is 0 Å². The second kappa shape index (κ2) is 6.17. The van der Waals surface area contributed by atoms with Gasteiger partial charge in [0.05, 0.1) is 5.02 Å². The van der Waals surface area contributed by atoms with E-state index in [-0.39, 0.29) is 39.4 Å². The highest BCUT2D eigenvalue weighted by atomic mass is 35.5. The third-order valence-corrected chi connectivity index (χ3v) is 3.38. The van der Waals surface area contributed by atoms with Crippen LogP contribution in [-0.4, -0.2) is 16.4 Å². The van der Waals surface area contributed by atoms with Crippen molar-refractivity contribution >= 4 is 23.2 Å². The molecule has 0 amide bonds. The van der Waals surface area contributed by atoms with Crippen LogP contribution >= 0.6 is 23.2 Å². The molecule has 0 fully saturated rings. The van der Waals surface area contributed by atoms with Gasteiger partial charge in [0, 0.05) is 12.6 Å². The molecule has 108 valence electrons. The minimum Gasteiger partial charge on any atom is -0.488 e. The van der Waals surface area contributed by atoms with E-state index >= 15 is 0 Å². The molecule has 0 spiro atoms. The standard InChI is InChI=1S/C14H10Cl2FN3O/c1-3-4-21-12-5-8(10(17)6-9(12)15)14-13(16)11(7-18)20(2)19-14/h3,5-6H,1,4H2,2H3. The molecule has 0 bridgehead atoms. The van der Waals surface area contributed by atoms with Crippen LogP contribution in [-0.2, 0) is 7.05 Å². The zero-order valence-corrected chi connectivity index (χ0v) is 12.5. The van der Waals surface area contributed by atoms with Crippen molar-refractivity contribution in [1.29, 1.82) is 5.26 Å². The minimum absolute atomic E-state index is 0.0795. The molecular weight excluding hydrogens is 316 g/mol. The number of aromatic nitrogens is 2. The van der Waals surface area contributed by atoms with Gasteiger partial charge in [-0.1, -0.05) is 35.9 Å². The Morgan fingerprint density at radius 2 is 2.24 bits per heavy atom. The molecule has 1 aromatic heterocycles. The van der Waals surface area contributed by atoms with Gasteiger partial charge in [-0.3, -0.25) is 4.68 Å². The number of hydrogen-bond acceptors (Lipinski definition) is 3. The number of aryl methyl sites for hydroxylation is 1. The molecule has 1 heterocycles. The van der Waals surface area contributed by atoms with E-state index in [1.54, 1.807) is 13.1 Å². The number of rotatable bonds is 4.